The van der Waals surface area contributed by atoms with Crippen LogP contribution in [0, 0.1) is 5.92 Å². The third kappa shape index (κ3) is 6.43. The topological polar surface area (TPSA) is 70.0 Å². The molecule has 0 heterocycles. The Kier molecular flexibility index (Phi) is 8.27. The maximum absolute atomic E-state index is 11.7. The maximum Gasteiger partial charge on any atom is 0.223 e. The highest BCUT2D eigenvalue weighted by Crippen LogP contribution is 2.05. The number of methoxy groups -OCH3 is 1. The van der Waals surface area contributed by atoms with Crippen molar-refractivity contribution in [3.63, 3.8) is 0 Å². The van der Waals surface area contributed by atoms with Gasteiger partial charge in [0.1, 0.15) is 0 Å². The molecule has 0 spiro atoms. The molecule has 0 saturated heterocycles. The van der Waals surface area contributed by atoms with E-state index in [4.69, 9.17) is 14.9 Å². The third-order valence-electron chi connectivity index (χ3n) is 2.07. The Labute approximate surface area is 90.6 Å². The molecule has 0 aliphatic rings. The van der Waals surface area contributed by atoms with Crippen LogP contribution in [0.1, 0.15) is 13.3 Å². The second-order valence-corrected chi connectivity index (χ2v) is 3.59. The second kappa shape index (κ2) is 8.64. The first-order valence-corrected chi connectivity index (χ1v) is 5.14. The molecule has 2 N–H and O–H groups in total. The summed E-state index contributed by atoms with van der Waals surface area (Å²) in [6, 6.07) is 0. The molecule has 0 rings (SSSR count). The summed E-state index contributed by atoms with van der Waals surface area (Å²) in [6.07, 6.45) is 0.383. The zero-order valence-electron chi connectivity index (χ0n) is 9.48. The van der Waals surface area contributed by atoms with Crippen molar-refractivity contribution in [1.82, 2.24) is 4.90 Å². The van der Waals surface area contributed by atoms with Gasteiger partial charge < -0.3 is 19.8 Å². The summed E-state index contributed by atoms with van der Waals surface area (Å²) >= 11 is 0. The van der Waals surface area contributed by atoms with Crippen molar-refractivity contribution in [3.05, 3.63) is 0 Å². The largest absolute Gasteiger partial charge is 0.395 e. The van der Waals surface area contributed by atoms with E-state index in [9.17, 15) is 4.79 Å². The van der Waals surface area contributed by atoms with Crippen molar-refractivity contribution < 1.29 is 19.7 Å². The maximum atomic E-state index is 11.7. The van der Waals surface area contributed by atoms with Crippen molar-refractivity contribution in [2.45, 2.75) is 13.3 Å². The number of aliphatic hydroxyl groups is 2. The van der Waals surface area contributed by atoms with Gasteiger partial charge in [-0.3, -0.25) is 4.79 Å². The molecule has 5 nitrogen and oxygen atoms in total. The van der Waals surface area contributed by atoms with E-state index in [1.54, 1.807) is 7.11 Å². The number of hydrogen-bond acceptors (Lipinski definition) is 4. The van der Waals surface area contributed by atoms with Crippen molar-refractivity contribution in [1.29, 1.82) is 0 Å². The summed E-state index contributed by atoms with van der Waals surface area (Å²) in [5, 5.41) is 17.5. The number of carbonyl (C=O) groups is 1. The Hall–Kier alpha value is -0.650. The summed E-state index contributed by atoms with van der Waals surface area (Å²) < 4.78 is 4.93. The van der Waals surface area contributed by atoms with Crippen LogP contribution in [0.3, 0.4) is 0 Å². The van der Waals surface area contributed by atoms with Gasteiger partial charge in [-0.25, -0.2) is 0 Å². The van der Waals surface area contributed by atoms with E-state index in [0.717, 1.165) is 0 Å². The highest BCUT2D eigenvalue weighted by atomic mass is 16.5. The number of carbonyl (C=O) groups excluding carboxylic acids is 1. The zero-order chi connectivity index (χ0) is 11.7. The lowest BCUT2D eigenvalue weighted by molar-refractivity contribution is -0.133. The molecule has 1 amide bonds. The van der Waals surface area contributed by atoms with Crippen LogP contribution in [0.25, 0.3) is 0 Å². The SMILES string of the molecule is COCC(C)CC(=O)N(CCO)CCO. The highest BCUT2D eigenvalue weighted by Gasteiger charge is 2.15. The Morgan fingerprint density at radius 3 is 2.27 bits per heavy atom. The van der Waals surface area contributed by atoms with Crippen LogP contribution in [-0.2, 0) is 9.53 Å². The van der Waals surface area contributed by atoms with Crippen LogP contribution in [0.2, 0.25) is 0 Å². The van der Waals surface area contributed by atoms with E-state index < -0.39 is 0 Å². The van der Waals surface area contributed by atoms with Crippen molar-refractivity contribution in [2.24, 2.45) is 5.92 Å². The number of rotatable bonds is 8. The first-order valence-electron chi connectivity index (χ1n) is 5.14. The van der Waals surface area contributed by atoms with E-state index in [-0.39, 0.29) is 38.1 Å². The van der Waals surface area contributed by atoms with Gasteiger partial charge in [0.25, 0.3) is 0 Å². The fourth-order valence-corrected chi connectivity index (χ4v) is 1.37. The lowest BCUT2D eigenvalue weighted by atomic mass is 10.1. The number of hydrogen-bond donors (Lipinski definition) is 2. The van der Waals surface area contributed by atoms with Crippen LogP contribution in [-0.4, -0.2) is 61.0 Å². The van der Waals surface area contributed by atoms with Crippen LogP contribution in [0.5, 0.6) is 0 Å². The van der Waals surface area contributed by atoms with E-state index in [1.807, 2.05) is 6.92 Å². The molecule has 0 aromatic carbocycles. The fraction of sp³-hybridized carbons (Fsp3) is 0.900. The van der Waals surface area contributed by atoms with Crippen LogP contribution < -0.4 is 0 Å². The lowest BCUT2D eigenvalue weighted by Crippen LogP contribution is -2.36. The molecule has 0 radical (unpaired) electrons. The minimum atomic E-state index is -0.0790. The van der Waals surface area contributed by atoms with E-state index >= 15 is 0 Å². The van der Waals surface area contributed by atoms with Crippen molar-refractivity contribution >= 4 is 5.91 Å². The molecule has 1 atom stereocenters. The molecule has 0 aromatic rings. The molecule has 0 aromatic heterocycles. The summed E-state index contributed by atoms with van der Waals surface area (Å²) in [5.74, 6) is 0.102. The standard InChI is InChI=1S/C10H21NO4/c1-9(8-15-2)7-10(14)11(3-5-12)4-6-13/h9,12-13H,3-8H2,1-2H3. The number of ether oxygens (including phenoxy) is 1. The summed E-state index contributed by atoms with van der Waals surface area (Å²) in [4.78, 5) is 13.1. The van der Waals surface area contributed by atoms with Gasteiger partial charge in [0.05, 0.1) is 13.2 Å². The first-order chi connectivity index (χ1) is 7.15. The Balaban J connectivity index is 4.00. The van der Waals surface area contributed by atoms with E-state index in [0.29, 0.717) is 13.0 Å². The van der Waals surface area contributed by atoms with E-state index in [2.05, 4.69) is 0 Å². The van der Waals surface area contributed by atoms with Crippen molar-refractivity contribution in [3.8, 4) is 0 Å². The van der Waals surface area contributed by atoms with Gasteiger partial charge >= 0.3 is 0 Å². The monoisotopic (exact) mass is 219 g/mol. The van der Waals surface area contributed by atoms with Gasteiger partial charge in [-0.05, 0) is 5.92 Å². The average Bonchev–Trinajstić information content (AvgIpc) is 2.17. The van der Waals surface area contributed by atoms with Crippen molar-refractivity contribution in [2.75, 3.05) is 40.0 Å². The molecular weight excluding hydrogens is 198 g/mol. The van der Waals surface area contributed by atoms with Gasteiger partial charge in [-0.15, -0.1) is 0 Å². The predicted molar refractivity (Wildman–Crippen MR) is 56.4 cm³/mol. The zero-order valence-corrected chi connectivity index (χ0v) is 9.48. The predicted octanol–water partition coefficient (Wildman–Crippen LogP) is -0.528. The number of amides is 1. The Morgan fingerprint density at radius 2 is 1.87 bits per heavy atom. The molecule has 90 valence electrons. The minimum Gasteiger partial charge on any atom is -0.395 e. The molecule has 0 fully saturated rings. The van der Waals surface area contributed by atoms with Crippen LogP contribution in [0.15, 0.2) is 0 Å². The molecule has 1 unspecified atom stereocenters. The Morgan fingerprint density at radius 1 is 1.33 bits per heavy atom. The molecule has 5 heteroatoms. The van der Waals surface area contributed by atoms with E-state index in [1.165, 1.54) is 4.90 Å². The third-order valence-corrected chi connectivity index (χ3v) is 2.07. The second-order valence-electron chi connectivity index (χ2n) is 3.59. The quantitative estimate of drug-likeness (QED) is 0.576. The first kappa shape index (κ1) is 14.3. The lowest BCUT2D eigenvalue weighted by Gasteiger charge is -2.22. The van der Waals surface area contributed by atoms with Gasteiger partial charge in [0.2, 0.25) is 5.91 Å². The van der Waals surface area contributed by atoms with Gasteiger partial charge in [-0.2, -0.15) is 0 Å². The summed E-state index contributed by atoms with van der Waals surface area (Å²) in [7, 11) is 1.60. The number of nitrogens with zero attached hydrogens (tertiary/aromatic N) is 1. The fourth-order valence-electron chi connectivity index (χ4n) is 1.37. The molecule has 0 saturated carbocycles. The molecule has 0 aliphatic carbocycles. The smallest absolute Gasteiger partial charge is 0.223 e. The number of aliphatic hydroxyl groups excluding tert-OH is 2. The summed E-state index contributed by atoms with van der Waals surface area (Å²) in [6.45, 7) is 2.86. The van der Waals surface area contributed by atoms with Gasteiger partial charge in [0, 0.05) is 33.2 Å². The molecule has 0 bridgehead atoms. The summed E-state index contributed by atoms with van der Waals surface area (Å²) in [5.41, 5.74) is 0. The van der Waals surface area contributed by atoms with Crippen LogP contribution >= 0.6 is 0 Å². The average molecular weight is 219 g/mol. The molecule has 0 aliphatic heterocycles. The Bertz CT molecular complexity index is 169. The normalized spacial score (nSPS) is 12.5. The molecule has 15 heavy (non-hydrogen) atoms. The van der Waals surface area contributed by atoms with Gasteiger partial charge in [0.15, 0.2) is 0 Å². The molecular formula is C10H21NO4. The van der Waals surface area contributed by atoms with Crippen LogP contribution in [0.4, 0.5) is 0 Å². The highest BCUT2D eigenvalue weighted by molar-refractivity contribution is 5.76. The van der Waals surface area contributed by atoms with Gasteiger partial charge in [-0.1, -0.05) is 6.92 Å². The minimum absolute atomic E-state index is 0.0531.